The van der Waals surface area contributed by atoms with Gasteiger partial charge in [-0.25, -0.2) is 4.79 Å². The van der Waals surface area contributed by atoms with Crippen LogP contribution in [0.1, 0.15) is 31.4 Å². The molecule has 8 heteroatoms. The van der Waals surface area contributed by atoms with E-state index in [-0.39, 0.29) is 12.5 Å². The van der Waals surface area contributed by atoms with Crippen molar-refractivity contribution in [2.24, 2.45) is 0 Å². The first-order valence-electron chi connectivity index (χ1n) is 9.77. The van der Waals surface area contributed by atoms with Crippen LogP contribution in [0.2, 0.25) is 0 Å². The van der Waals surface area contributed by atoms with Crippen molar-refractivity contribution in [3.8, 4) is 0 Å². The number of urea groups is 1. The highest BCUT2D eigenvalue weighted by Gasteiger charge is 2.47. The molecule has 3 rings (SSSR count). The number of hydrogen-bond acceptors (Lipinski definition) is 5. The molecular formula is C20H29N5O3. The third kappa shape index (κ3) is 4.51. The molecule has 1 unspecified atom stereocenters. The number of nitrogens with zero attached hydrogens (tertiary/aromatic N) is 3. The number of rotatable bonds is 6. The maximum Gasteiger partial charge on any atom is 0.344 e. The van der Waals surface area contributed by atoms with Gasteiger partial charge < -0.3 is 5.32 Å². The summed E-state index contributed by atoms with van der Waals surface area (Å²) in [6.45, 7) is 9.92. The van der Waals surface area contributed by atoms with Gasteiger partial charge in [0.1, 0.15) is 5.54 Å². The summed E-state index contributed by atoms with van der Waals surface area (Å²) in [6.07, 6.45) is 0.465. The maximum absolute atomic E-state index is 12.3. The Labute approximate surface area is 165 Å². The first kappa shape index (κ1) is 20.3. The molecule has 0 aliphatic carbocycles. The summed E-state index contributed by atoms with van der Waals surface area (Å²) >= 11 is 0. The van der Waals surface area contributed by atoms with E-state index in [1.807, 2.05) is 11.8 Å². The molecule has 1 atom stereocenters. The summed E-state index contributed by atoms with van der Waals surface area (Å²) in [5.41, 5.74) is 4.05. The number of hydrogen-bond donors (Lipinski definition) is 2. The van der Waals surface area contributed by atoms with Gasteiger partial charge in [0.05, 0.1) is 6.54 Å². The van der Waals surface area contributed by atoms with E-state index in [0.717, 1.165) is 37.7 Å². The second-order valence-corrected chi connectivity index (χ2v) is 7.83. The SMILES string of the molecule is CCC1(C)NC(=O)N(NC(=O)CN2CCN(Cc3cccc(C)c3)CC2)C1=O. The van der Waals surface area contributed by atoms with Crippen molar-refractivity contribution in [3.63, 3.8) is 0 Å². The number of benzene rings is 1. The van der Waals surface area contributed by atoms with E-state index < -0.39 is 17.5 Å². The lowest BCUT2D eigenvalue weighted by Crippen LogP contribution is -2.53. The van der Waals surface area contributed by atoms with Gasteiger partial charge in [-0.2, -0.15) is 5.01 Å². The highest BCUT2D eigenvalue weighted by molar-refractivity contribution is 6.07. The van der Waals surface area contributed by atoms with Gasteiger partial charge in [-0.3, -0.25) is 24.8 Å². The zero-order chi connectivity index (χ0) is 20.3. The van der Waals surface area contributed by atoms with Crippen LogP contribution in [-0.4, -0.2) is 70.9 Å². The molecule has 0 aromatic heterocycles. The maximum atomic E-state index is 12.3. The number of hydrazine groups is 1. The zero-order valence-electron chi connectivity index (χ0n) is 16.8. The van der Waals surface area contributed by atoms with E-state index in [1.54, 1.807) is 6.92 Å². The van der Waals surface area contributed by atoms with Crippen LogP contribution >= 0.6 is 0 Å². The van der Waals surface area contributed by atoms with Crippen molar-refractivity contribution < 1.29 is 14.4 Å². The highest BCUT2D eigenvalue weighted by Crippen LogP contribution is 2.19. The molecule has 28 heavy (non-hydrogen) atoms. The molecule has 0 saturated carbocycles. The Morgan fingerprint density at radius 1 is 1.18 bits per heavy atom. The third-order valence-electron chi connectivity index (χ3n) is 5.53. The summed E-state index contributed by atoms with van der Waals surface area (Å²) in [7, 11) is 0. The van der Waals surface area contributed by atoms with Gasteiger partial charge in [0.2, 0.25) is 0 Å². The lowest BCUT2D eigenvalue weighted by atomic mass is 10.00. The number of piperazine rings is 1. The minimum atomic E-state index is -0.953. The first-order chi connectivity index (χ1) is 13.3. The van der Waals surface area contributed by atoms with Gasteiger partial charge in [0, 0.05) is 32.7 Å². The monoisotopic (exact) mass is 387 g/mol. The normalized spacial score (nSPS) is 23.8. The Morgan fingerprint density at radius 2 is 1.86 bits per heavy atom. The summed E-state index contributed by atoms with van der Waals surface area (Å²) in [5, 5.41) is 3.43. The Hall–Kier alpha value is -2.45. The molecule has 8 nitrogen and oxygen atoms in total. The number of nitrogens with one attached hydrogen (secondary N) is 2. The van der Waals surface area contributed by atoms with Gasteiger partial charge in [0.15, 0.2) is 0 Å². The van der Waals surface area contributed by atoms with Crippen molar-refractivity contribution >= 4 is 17.8 Å². The molecule has 1 aromatic carbocycles. The van der Waals surface area contributed by atoms with E-state index in [0.29, 0.717) is 6.42 Å². The molecule has 4 amide bonds. The molecule has 152 valence electrons. The third-order valence-corrected chi connectivity index (χ3v) is 5.53. The van der Waals surface area contributed by atoms with Crippen molar-refractivity contribution in [2.45, 2.75) is 39.3 Å². The van der Waals surface area contributed by atoms with E-state index in [4.69, 9.17) is 0 Å². The summed E-state index contributed by atoms with van der Waals surface area (Å²) < 4.78 is 0. The average Bonchev–Trinajstić information content (AvgIpc) is 2.87. The average molecular weight is 387 g/mol. The predicted molar refractivity (Wildman–Crippen MR) is 105 cm³/mol. The van der Waals surface area contributed by atoms with Crippen molar-refractivity contribution in [1.29, 1.82) is 0 Å². The topological polar surface area (TPSA) is 85.0 Å². The Kier molecular flexibility index (Phi) is 6.00. The second kappa shape index (κ2) is 8.28. The molecule has 2 saturated heterocycles. The van der Waals surface area contributed by atoms with Gasteiger partial charge in [-0.15, -0.1) is 0 Å². The molecule has 0 bridgehead atoms. The fourth-order valence-corrected chi connectivity index (χ4v) is 3.56. The Morgan fingerprint density at radius 3 is 2.46 bits per heavy atom. The van der Waals surface area contributed by atoms with E-state index >= 15 is 0 Å². The molecule has 2 aliphatic rings. The van der Waals surface area contributed by atoms with Crippen LogP contribution in [0.4, 0.5) is 4.79 Å². The molecule has 1 aromatic rings. The van der Waals surface area contributed by atoms with Gasteiger partial charge in [-0.1, -0.05) is 36.8 Å². The number of amides is 4. The van der Waals surface area contributed by atoms with Crippen LogP contribution in [0.15, 0.2) is 24.3 Å². The van der Waals surface area contributed by atoms with Crippen LogP contribution in [0.25, 0.3) is 0 Å². The molecule has 0 radical (unpaired) electrons. The summed E-state index contributed by atoms with van der Waals surface area (Å²) in [4.78, 5) is 41.1. The van der Waals surface area contributed by atoms with Crippen LogP contribution in [0.3, 0.4) is 0 Å². The van der Waals surface area contributed by atoms with Gasteiger partial charge >= 0.3 is 6.03 Å². The lowest BCUT2D eigenvalue weighted by molar-refractivity contribution is -0.139. The quantitative estimate of drug-likeness (QED) is 0.708. The largest absolute Gasteiger partial charge is 0.344 e. The lowest BCUT2D eigenvalue weighted by Gasteiger charge is -2.34. The van der Waals surface area contributed by atoms with Crippen molar-refractivity contribution in [2.75, 3.05) is 32.7 Å². The molecule has 2 fully saturated rings. The van der Waals surface area contributed by atoms with Crippen LogP contribution in [0.5, 0.6) is 0 Å². The van der Waals surface area contributed by atoms with Crippen LogP contribution in [0, 0.1) is 6.92 Å². The predicted octanol–water partition coefficient (Wildman–Crippen LogP) is 0.864. The fourth-order valence-electron chi connectivity index (χ4n) is 3.56. The molecule has 2 heterocycles. The molecule has 2 aliphatic heterocycles. The Bertz CT molecular complexity index is 760. The molecular weight excluding hydrogens is 358 g/mol. The van der Waals surface area contributed by atoms with Gasteiger partial charge in [-0.05, 0) is 25.8 Å². The molecule has 2 N–H and O–H groups in total. The smallest absolute Gasteiger partial charge is 0.322 e. The minimum absolute atomic E-state index is 0.165. The minimum Gasteiger partial charge on any atom is -0.322 e. The van der Waals surface area contributed by atoms with Crippen molar-refractivity contribution in [1.82, 2.24) is 25.6 Å². The standard InChI is InChI=1S/C20H29N5O3/c1-4-20(3)18(27)25(19(28)21-20)22-17(26)14-24-10-8-23(9-11-24)13-16-7-5-6-15(2)12-16/h5-7,12H,4,8-11,13-14H2,1-3H3,(H,21,28)(H,22,26). The fraction of sp³-hybridized carbons (Fsp3) is 0.550. The number of imide groups is 1. The number of carbonyl (C=O) groups excluding carboxylic acids is 3. The highest BCUT2D eigenvalue weighted by atomic mass is 16.2. The molecule has 0 spiro atoms. The summed E-state index contributed by atoms with van der Waals surface area (Å²) in [6, 6.07) is 7.92. The second-order valence-electron chi connectivity index (χ2n) is 7.83. The van der Waals surface area contributed by atoms with Crippen LogP contribution < -0.4 is 10.7 Å². The first-order valence-corrected chi connectivity index (χ1v) is 9.77. The van der Waals surface area contributed by atoms with Crippen molar-refractivity contribution in [3.05, 3.63) is 35.4 Å². The van der Waals surface area contributed by atoms with E-state index in [2.05, 4.69) is 46.8 Å². The van der Waals surface area contributed by atoms with E-state index in [1.165, 1.54) is 11.1 Å². The number of carbonyl (C=O) groups is 3. The Balaban J connectivity index is 1.45. The summed E-state index contributed by atoms with van der Waals surface area (Å²) in [5.74, 6) is -0.771. The van der Waals surface area contributed by atoms with Gasteiger partial charge in [0.25, 0.3) is 11.8 Å². The van der Waals surface area contributed by atoms with E-state index in [9.17, 15) is 14.4 Å². The number of aryl methyl sites for hydroxylation is 1. The van der Waals surface area contributed by atoms with Crippen LogP contribution in [-0.2, 0) is 16.1 Å². The zero-order valence-corrected chi connectivity index (χ0v) is 16.8.